The van der Waals surface area contributed by atoms with Crippen LogP contribution in [0.3, 0.4) is 0 Å². The van der Waals surface area contributed by atoms with Gasteiger partial charge in [-0.15, -0.1) is 10.2 Å². The van der Waals surface area contributed by atoms with E-state index in [0.29, 0.717) is 14.9 Å². The molecule has 0 fully saturated rings. The van der Waals surface area contributed by atoms with E-state index in [0.717, 1.165) is 10.1 Å². The van der Waals surface area contributed by atoms with Crippen molar-refractivity contribution in [3.8, 4) is 0 Å². The Morgan fingerprint density at radius 1 is 1.23 bits per heavy atom. The lowest BCUT2D eigenvalue weighted by Gasteiger charge is -2.00. The van der Waals surface area contributed by atoms with E-state index < -0.39 is 4.92 Å². The topological polar surface area (TPSA) is 110 Å². The Bertz CT molecular complexity index is 1110. The molecule has 0 unspecified atom stereocenters. The van der Waals surface area contributed by atoms with Crippen LogP contribution in [0.25, 0.3) is 0 Å². The molecular formula is C19H16ClN5O3S3. The minimum absolute atomic E-state index is 0.108. The summed E-state index contributed by atoms with van der Waals surface area (Å²) >= 11 is 10.3. The van der Waals surface area contributed by atoms with Crippen LogP contribution in [0.4, 0.5) is 5.69 Å². The molecule has 1 N–H and O–H groups in total. The molecule has 2 aromatic carbocycles. The maximum absolute atomic E-state index is 12.0. The molecule has 0 saturated heterocycles. The van der Waals surface area contributed by atoms with Gasteiger partial charge in [0.15, 0.2) is 8.68 Å². The molecule has 0 radical (unpaired) electrons. The first-order valence-corrected chi connectivity index (χ1v) is 12.0. The quantitative estimate of drug-likeness (QED) is 0.194. The number of aryl methyl sites for hydroxylation is 1. The SMILES string of the molecule is Cc1ccc(CSc2nnc(SCC(=O)N/N=C\c3cc([N+](=O)[O-])ccc3Cl)s2)cc1. The van der Waals surface area contributed by atoms with Crippen LogP contribution in [0.15, 0.2) is 56.2 Å². The van der Waals surface area contributed by atoms with Gasteiger partial charge in [-0.3, -0.25) is 14.9 Å². The number of thioether (sulfide) groups is 2. The van der Waals surface area contributed by atoms with Gasteiger partial charge in [0.05, 0.1) is 16.9 Å². The summed E-state index contributed by atoms with van der Waals surface area (Å²) in [6.45, 7) is 2.05. The van der Waals surface area contributed by atoms with Crippen LogP contribution in [-0.4, -0.2) is 33.0 Å². The number of hydrogen-bond donors (Lipinski definition) is 1. The normalized spacial score (nSPS) is 11.0. The van der Waals surface area contributed by atoms with Gasteiger partial charge in [0.25, 0.3) is 11.6 Å². The number of benzene rings is 2. The van der Waals surface area contributed by atoms with E-state index in [-0.39, 0.29) is 17.3 Å². The molecule has 3 rings (SSSR count). The van der Waals surface area contributed by atoms with Crippen molar-refractivity contribution in [1.29, 1.82) is 0 Å². The summed E-state index contributed by atoms with van der Waals surface area (Å²) in [6.07, 6.45) is 1.27. The summed E-state index contributed by atoms with van der Waals surface area (Å²) in [6, 6.07) is 12.3. The van der Waals surface area contributed by atoms with Crippen molar-refractivity contribution in [1.82, 2.24) is 15.6 Å². The van der Waals surface area contributed by atoms with Gasteiger partial charge in [0, 0.05) is 28.5 Å². The summed E-state index contributed by atoms with van der Waals surface area (Å²) in [5, 5.41) is 23.2. The van der Waals surface area contributed by atoms with E-state index in [1.54, 1.807) is 11.8 Å². The number of rotatable bonds is 9. The smallest absolute Gasteiger partial charge is 0.270 e. The number of nitro benzene ring substituents is 1. The minimum Gasteiger partial charge on any atom is -0.272 e. The van der Waals surface area contributed by atoms with Crippen molar-refractivity contribution in [2.75, 3.05) is 5.75 Å². The monoisotopic (exact) mass is 493 g/mol. The summed E-state index contributed by atoms with van der Waals surface area (Å²) in [5.41, 5.74) is 5.02. The maximum atomic E-state index is 12.0. The summed E-state index contributed by atoms with van der Waals surface area (Å²) in [4.78, 5) is 22.3. The number of amides is 1. The van der Waals surface area contributed by atoms with Crippen molar-refractivity contribution >= 4 is 64.3 Å². The number of halogens is 1. The highest BCUT2D eigenvalue weighted by atomic mass is 35.5. The van der Waals surface area contributed by atoms with E-state index in [1.807, 2.05) is 0 Å². The summed E-state index contributed by atoms with van der Waals surface area (Å²) < 4.78 is 1.52. The Labute approximate surface area is 195 Å². The van der Waals surface area contributed by atoms with Crippen LogP contribution in [0.2, 0.25) is 5.02 Å². The van der Waals surface area contributed by atoms with Gasteiger partial charge in [0.2, 0.25) is 0 Å². The molecule has 0 aliphatic rings. The highest BCUT2D eigenvalue weighted by Crippen LogP contribution is 2.30. The minimum atomic E-state index is -0.529. The lowest BCUT2D eigenvalue weighted by Crippen LogP contribution is -2.19. The molecule has 0 aliphatic heterocycles. The zero-order chi connectivity index (χ0) is 22.2. The largest absolute Gasteiger partial charge is 0.272 e. The van der Waals surface area contributed by atoms with Gasteiger partial charge in [-0.1, -0.05) is 76.3 Å². The molecule has 0 saturated carbocycles. The molecule has 0 atom stereocenters. The first-order chi connectivity index (χ1) is 14.9. The van der Waals surface area contributed by atoms with Crippen molar-refractivity contribution in [3.05, 3.63) is 74.3 Å². The fourth-order valence-electron chi connectivity index (χ4n) is 2.22. The second kappa shape index (κ2) is 11.2. The highest BCUT2D eigenvalue weighted by Gasteiger charge is 2.10. The first kappa shape index (κ1) is 23.2. The van der Waals surface area contributed by atoms with Crippen molar-refractivity contribution in [2.45, 2.75) is 21.4 Å². The Kier molecular flexibility index (Phi) is 8.41. The zero-order valence-electron chi connectivity index (χ0n) is 16.1. The molecule has 1 aromatic heterocycles. The molecule has 1 amide bonds. The fraction of sp³-hybridized carbons (Fsp3) is 0.158. The first-order valence-electron chi connectivity index (χ1n) is 8.81. The molecule has 3 aromatic rings. The number of hydrogen-bond acceptors (Lipinski definition) is 9. The highest BCUT2D eigenvalue weighted by molar-refractivity contribution is 8.03. The third kappa shape index (κ3) is 7.31. The Balaban J connectivity index is 1.45. The predicted molar refractivity (Wildman–Crippen MR) is 125 cm³/mol. The second-order valence-electron chi connectivity index (χ2n) is 6.15. The Morgan fingerprint density at radius 3 is 2.65 bits per heavy atom. The number of nitrogens with one attached hydrogen (secondary N) is 1. The fourth-order valence-corrected chi connectivity index (χ4v) is 5.15. The molecule has 0 aliphatic carbocycles. The summed E-state index contributed by atoms with van der Waals surface area (Å²) in [5.74, 6) is 0.568. The molecule has 0 bridgehead atoms. The molecule has 160 valence electrons. The molecule has 12 heteroatoms. The predicted octanol–water partition coefficient (Wildman–Crippen LogP) is 4.94. The molecule has 0 spiro atoms. The van der Waals surface area contributed by atoms with Gasteiger partial charge in [-0.2, -0.15) is 5.10 Å². The lowest BCUT2D eigenvalue weighted by molar-refractivity contribution is -0.384. The molecule has 1 heterocycles. The van der Waals surface area contributed by atoms with Gasteiger partial charge >= 0.3 is 0 Å². The number of aromatic nitrogens is 2. The van der Waals surface area contributed by atoms with Crippen LogP contribution in [0, 0.1) is 17.0 Å². The number of non-ortho nitro benzene ring substituents is 1. The van der Waals surface area contributed by atoms with Gasteiger partial charge < -0.3 is 0 Å². The van der Waals surface area contributed by atoms with Gasteiger partial charge in [-0.25, -0.2) is 5.43 Å². The van der Waals surface area contributed by atoms with Crippen LogP contribution >= 0.6 is 46.5 Å². The van der Waals surface area contributed by atoms with E-state index in [9.17, 15) is 14.9 Å². The standard InChI is InChI=1S/C19H16ClN5O3S3/c1-12-2-4-13(5-3-12)10-29-18-23-24-19(31-18)30-11-17(26)22-21-9-14-8-15(25(27)28)6-7-16(14)20/h2-9H,10-11H2,1H3,(H,22,26)/b21-9-. The van der Waals surface area contributed by atoms with E-state index in [1.165, 1.54) is 58.6 Å². The van der Waals surface area contributed by atoms with Gasteiger partial charge in [0.1, 0.15) is 0 Å². The van der Waals surface area contributed by atoms with Crippen LogP contribution in [0.1, 0.15) is 16.7 Å². The second-order valence-corrected chi connectivity index (χ2v) is 9.98. The molecular weight excluding hydrogens is 478 g/mol. The third-order valence-corrected chi connectivity index (χ3v) is 7.39. The molecule has 31 heavy (non-hydrogen) atoms. The van der Waals surface area contributed by atoms with Crippen molar-refractivity contribution in [2.24, 2.45) is 5.10 Å². The van der Waals surface area contributed by atoms with Crippen LogP contribution in [-0.2, 0) is 10.5 Å². The number of nitro groups is 1. The Morgan fingerprint density at radius 2 is 1.94 bits per heavy atom. The summed E-state index contributed by atoms with van der Waals surface area (Å²) in [7, 11) is 0. The third-order valence-electron chi connectivity index (χ3n) is 3.78. The number of hydrazone groups is 1. The number of carbonyl (C=O) groups excluding carboxylic acids is 1. The van der Waals surface area contributed by atoms with E-state index in [2.05, 4.69) is 51.9 Å². The van der Waals surface area contributed by atoms with Crippen molar-refractivity contribution in [3.63, 3.8) is 0 Å². The Hall–Kier alpha value is -2.47. The van der Waals surface area contributed by atoms with Gasteiger partial charge in [-0.05, 0) is 18.6 Å². The van der Waals surface area contributed by atoms with Crippen LogP contribution < -0.4 is 5.43 Å². The average Bonchev–Trinajstić information content (AvgIpc) is 3.21. The number of carbonyl (C=O) groups is 1. The van der Waals surface area contributed by atoms with E-state index in [4.69, 9.17) is 11.6 Å². The zero-order valence-corrected chi connectivity index (χ0v) is 19.4. The van der Waals surface area contributed by atoms with Crippen LogP contribution in [0.5, 0.6) is 0 Å². The molecule has 8 nitrogen and oxygen atoms in total. The lowest BCUT2D eigenvalue weighted by atomic mass is 10.2. The van der Waals surface area contributed by atoms with Crippen molar-refractivity contribution < 1.29 is 9.72 Å². The number of nitrogens with zero attached hydrogens (tertiary/aromatic N) is 4. The van der Waals surface area contributed by atoms with E-state index >= 15 is 0 Å². The average molecular weight is 494 g/mol. The maximum Gasteiger partial charge on any atom is 0.270 e.